The van der Waals surface area contributed by atoms with Gasteiger partial charge in [0.05, 0.1) is 42.2 Å². The van der Waals surface area contributed by atoms with Gasteiger partial charge in [-0.3, -0.25) is 14.3 Å². The van der Waals surface area contributed by atoms with Crippen molar-refractivity contribution in [3.8, 4) is 0 Å². The van der Waals surface area contributed by atoms with Crippen molar-refractivity contribution < 1.29 is 37.4 Å². The van der Waals surface area contributed by atoms with Gasteiger partial charge in [0.1, 0.15) is 12.4 Å². The highest BCUT2D eigenvalue weighted by molar-refractivity contribution is 7.53. The predicted octanol–water partition coefficient (Wildman–Crippen LogP) is 3.46. The summed E-state index contributed by atoms with van der Waals surface area (Å²) in [7, 11) is -3.23. The molecule has 1 unspecified atom stereocenters. The number of cyclic esters (lactones) is 1. The Morgan fingerprint density at radius 2 is 2.00 bits per heavy atom. The predicted molar refractivity (Wildman–Crippen MR) is 156 cm³/mol. The first-order chi connectivity index (χ1) is 20.6. The van der Waals surface area contributed by atoms with E-state index in [1.807, 2.05) is 0 Å². The van der Waals surface area contributed by atoms with Crippen molar-refractivity contribution in [2.24, 2.45) is 5.73 Å². The Kier molecular flexibility index (Phi) is 7.98. The number of nitrogens with zero attached hydrogens (tertiary/aromatic N) is 2. The average molecular weight is 617 g/mol. The molecule has 4 N–H and O–H groups in total. The highest BCUT2D eigenvalue weighted by atomic mass is 31.2. The zero-order valence-electron chi connectivity index (χ0n) is 24.7. The molecule has 232 valence electrons. The molecular weight excluding hydrogens is 578 g/mol. The van der Waals surface area contributed by atoms with Crippen molar-refractivity contribution in [2.45, 2.75) is 77.2 Å². The van der Waals surface area contributed by atoms with Crippen LogP contribution in [0, 0.1) is 5.82 Å². The summed E-state index contributed by atoms with van der Waals surface area (Å²) >= 11 is 0. The van der Waals surface area contributed by atoms with Crippen LogP contribution in [0.2, 0.25) is 0 Å². The first kappa shape index (κ1) is 30.3. The van der Waals surface area contributed by atoms with Gasteiger partial charge in [0, 0.05) is 48.3 Å². The Hall–Kier alpha value is -2.73. The van der Waals surface area contributed by atoms with E-state index in [0.717, 1.165) is 22.1 Å². The third-order valence-corrected chi connectivity index (χ3v) is 11.3. The molecule has 0 saturated heterocycles. The monoisotopic (exact) mass is 616 g/mol. The molecule has 13 heteroatoms. The van der Waals surface area contributed by atoms with Crippen LogP contribution in [-0.4, -0.2) is 65.0 Å². The SMILES string of the molecule is CCOP(=O)(CCNCc1c(F)cc2nc3c(c4c2c1CC[C@@H]4N)CN1C(=O)C2=C(CC31)[C@@](O)(CC)C(=O)OC2)OCC. The summed E-state index contributed by atoms with van der Waals surface area (Å²) in [6.45, 7) is 6.39. The number of hydrogen-bond donors (Lipinski definition) is 3. The molecular formula is C30H38FN4O7P. The number of pyridine rings is 1. The third kappa shape index (κ3) is 4.83. The molecule has 1 aromatic carbocycles. The number of aliphatic hydroxyl groups is 1. The molecule has 4 aliphatic rings. The number of aromatic nitrogens is 1. The number of nitrogens with two attached hydrogens (primary N) is 1. The number of nitrogens with one attached hydrogen (secondary N) is 1. The Morgan fingerprint density at radius 3 is 2.70 bits per heavy atom. The standard InChI is InChI=1S/C30H38FN4O7P/c1-4-30(38)20-11-24-27-18(14-35(24)28(36)19(20)15-40-29(30)37)25-22(32)8-7-16-17(21(31)12-23(34-27)26(16)25)13-33-9-10-43(39,41-5-2)42-6-3/h12,22,24,33,38H,4-11,13-15,32H2,1-3H3/t22-,24?,30-/m0/s1. The second-order valence-electron chi connectivity index (χ2n) is 11.5. The van der Waals surface area contributed by atoms with Crippen molar-refractivity contribution in [1.82, 2.24) is 15.2 Å². The van der Waals surface area contributed by atoms with E-state index in [-0.39, 0.29) is 63.9 Å². The van der Waals surface area contributed by atoms with Gasteiger partial charge >= 0.3 is 13.6 Å². The smallest absolute Gasteiger partial charge is 0.342 e. The number of amides is 1. The van der Waals surface area contributed by atoms with Crippen LogP contribution >= 0.6 is 7.60 Å². The van der Waals surface area contributed by atoms with Gasteiger partial charge < -0.3 is 34.8 Å². The van der Waals surface area contributed by atoms with Crippen molar-refractivity contribution in [3.63, 3.8) is 0 Å². The fraction of sp³-hybridized carbons (Fsp3) is 0.567. The van der Waals surface area contributed by atoms with Crippen LogP contribution in [0.25, 0.3) is 10.9 Å². The third-order valence-electron chi connectivity index (χ3n) is 9.21. The first-order valence-electron chi connectivity index (χ1n) is 15.0. The minimum Gasteiger partial charge on any atom is -0.458 e. The number of rotatable bonds is 10. The summed E-state index contributed by atoms with van der Waals surface area (Å²) in [5.41, 5.74) is 9.72. The highest BCUT2D eigenvalue weighted by Gasteiger charge is 2.53. The van der Waals surface area contributed by atoms with E-state index < -0.39 is 31.0 Å². The van der Waals surface area contributed by atoms with E-state index in [2.05, 4.69) is 5.32 Å². The molecule has 1 amide bonds. The van der Waals surface area contributed by atoms with Gasteiger partial charge in [-0.2, -0.15) is 0 Å². The Labute approximate surface area is 249 Å². The van der Waals surface area contributed by atoms with E-state index in [0.29, 0.717) is 47.3 Å². The molecule has 1 aliphatic carbocycles. The van der Waals surface area contributed by atoms with Crippen LogP contribution in [0.3, 0.4) is 0 Å². The maximum Gasteiger partial charge on any atom is 0.342 e. The summed E-state index contributed by atoms with van der Waals surface area (Å²) in [6, 6.07) is 0.596. The minimum absolute atomic E-state index is 0.0823. The van der Waals surface area contributed by atoms with Gasteiger partial charge in [-0.15, -0.1) is 0 Å². The molecule has 0 saturated carbocycles. The average Bonchev–Trinajstić information content (AvgIpc) is 3.34. The number of benzene rings is 1. The van der Waals surface area contributed by atoms with Crippen LogP contribution < -0.4 is 11.1 Å². The van der Waals surface area contributed by atoms with Crippen molar-refractivity contribution in [3.05, 3.63) is 51.0 Å². The molecule has 2 aromatic rings. The number of ether oxygens (including phenoxy) is 1. The lowest BCUT2D eigenvalue weighted by molar-refractivity contribution is -0.165. The number of halogens is 1. The summed E-state index contributed by atoms with van der Waals surface area (Å²) in [6.07, 6.45) is 1.66. The highest BCUT2D eigenvalue weighted by Crippen LogP contribution is 2.51. The Morgan fingerprint density at radius 1 is 1.26 bits per heavy atom. The number of carbonyl (C=O) groups excluding carboxylic acids is 2. The number of hydrogen-bond acceptors (Lipinski definition) is 10. The van der Waals surface area contributed by atoms with Gasteiger partial charge in [0.15, 0.2) is 5.60 Å². The lowest BCUT2D eigenvalue weighted by Crippen LogP contribution is -2.51. The van der Waals surface area contributed by atoms with Crippen LogP contribution in [-0.2, 0) is 47.4 Å². The van der Waals surface area contributed by atoms with Gasteiger partial charge in [0.2, 0.25) is 0 Å². The summed E-state index contributed by atoms with van der Waals surface area (Å²) in [5.74, 6) is -1.45. The summed E-state index contributed by atoms with van der Waals surface area (Å²) < 4.78 is 44.4. The second-order valence-corrected chi connectivity index (χ2v) is 13.7. The molecule has 6 rings (SSSR count). The zero-order valence-corrected chi connectivity index (χ0v) is 25.6. The number of fused-ring (bicyclic) bond motifs is 4. The molecule has 3 atom stereocenters. The lowest BCUT2D eigenvalue weighted by Gasteiger charge is -2.41. The molecule has 3 aliphatic heterocycles. The fourth-order valence-corrected chi connectivity index (χ4v) is 8.68. The topological polar surface area (TPSA) is 153 Å². The molecule has 4 heterocycles. The van der Waals surface area contributed by atoms with Crippen molar-refractivity contribution >= 4 is 30.4 Å². The molecule has 1 aromatic heterocycles. The molecule has 11 nitrogen and oxygen atoms in total. The maximum absolute atomic E-state index is 15.7. The first-order valence-corrected chi connectivity index (χ1v) is 16.7. The van der Waals surface area contributed by atoms with Gasteiger partial charge in [-0.1, -0.05) is 6.92 Å². The molecule has 43 heavy (non-hydrogen) atoms. The molecule has 0 spiro atoms. The zero-order chi connectivity index (χ0) is 30.7. The van der Waals surface area contributed by atoms with Crippen LogP contribution in [0.15, 0.2) is 17.2 Å². The summed E-state index contributed by atoms with van der Waals surface area (Å²) in [4.78, 5) is 32.8. The molecule has 0 fully saturated rings. The van der Waals surface area contributed by atoms with Gasteiger partial charge in [0.25, 0.3) is 5.91 Å². The van der Waals surface area contributed by atoms with Crippen molar-refractivity contribution in [2.75, 3.05) is 32.5 Å². The number of carbonyl (C=O) groups is 2. The Balaban J connectivity index is 1.35. The quantitative estimate of drug-likeness (QED) is 0.206. The normalized spacial score (nSPS) is 24.7. The van der Waals surface area contributed by atoms with E-state index in [1.165, 1.54) is 6.07 Å². The number of aryl methyl sites for hydroxylation is 1. The van der Waals surface area contributed by atoms with E-state index in [1.54, 1.807) is 25.7 Å². The van der Waals surface area contributed by atoms with Crippen LogP contribution in [0.4, 0.5) is 4.39 Å². The van der Waals surface area contributed by atoms with Crippen LogP contribution in [0.1, 0.15) is 80.1 Å². The summed E-state index contributed by atoms with van der Waals surface area (Å²) in [5, 5.41) is 15.2. The molecule has 0 bridgehead atoms. The van der Waals surface area contributed by atoms with E-state index in [4.69, 9.17) is 24.5 Å². The minimum atomic E-state index is -3.23. The van der Waals surface area contributed by atoms with E-state index >= 15 is 4.39 Å². The second kappa shape index (κ2) is 11.3. The fourth-order valence-electron chi connectivity index (χ4n) is 7.13. The largest absolute Gasteiger partial charge is 0.458 e. The van der Waals surface area contributed by atoms with Crippen LogP contribution in [0.5, 0.6) is 0 Å². The lowest BCUT2D eigenvalue weighted by atomic mass is 9.78. The van der Waals surface area contributed by atoms with E-state index in [9.17, 15) is 19.3 Å². The Bertz CT molecular complexity index is 1590. The number of esters is 1. The van der Waals surface area contributed by atoms with Crippen molar-refractivity contribution in [1.29, 1.82) is 0 Å². The maximum atomic E-state index is 15.7. The van der Waals surface area contributed by atoms with Gasteiger partial charge in [-0.25, -0.2) is 9.18 Å². The molecule has 0 radical (unpaired) electrons. The van der Waals surface area contributed by atoms with Gasteiger partial charge in [-0.05, 0) is 56.2 Å².